The summed E-state index contributed by atoms with van der Waals surface area (Å²) in [5.74, 6) is -0.610. The molecule has 0 atom stereocenters. The second-order valence-corrected chi connectivity index (χ2v) is 6.43. The molecule has 4 heterocycles. The van der Waals surface area contributed by atoms with Crippen molar-refractivity contribution in [3.8, 4) is 11.3 Å². The van der Waals surface area contributed by atoms with Gasteiger partial charge in [0.1, 0.15) is 5.82 Å². The molecule has 1 aliphatic heterocycles. The van der Waals surface area contributed by atoms with Crippen LogP contribution in [0.3, 0.4) is 0 Å². The van der Waals surface area contributed by atoms with E-state index < -0.39 is 12.1 Å². The lowest BCUT2D eigenvalue weighted by Crippen LogP contribution is -2.46. The van der Waals surface area contributed by atoms with E-state index in [1.165, 1.54) is 0 Å². The highest BCUT2D eigenvalue weighted by Crippen LogP contribution is 2.28. The van der Waals surface area contributed by atoms with E-state index in [0.29, 0.717) is 26.2 Å². The highest BCUT2D eigenvalue weighted by atomic mass is 19.4. The standard InChI is InChI=1S/C16H17F3N8O/c1-25-9-11(6-21-25)12-7-20-8-13(22-12)27-4-2-26(3-5-27)10-14-23-24-15(28-14)16(17,18)19/h6-9H,2-5,10H2,1H3. The zero-order valence-corrected chi connectivity index (χ0v) is 15.0. The Labute approximate surface area is 157 Å². The molecule has 0 aromatic carbocycles. The molecule has 3 aromatic heterocycles. The van der Waals surface area contributed by atoms with Crippen molar-refractivity contribution in [3.05, 3.63) is 36.6 Å². The zero-order chi connectivity index (χ0) is 19.7. The van der Waals surface area contributed by atoms with Crippen LogP contribution in [-0.2, 0) is 19.8 Å². The van der Waals surface area contributed by atoms with E-state index in [4.69, 9.17) is 4.42 Å². The summed E-state index contributed by atoms with van der Waals surface area (Å²) in [5.41, 5.74) is 1.62. The molecule has 9 nitrogen and oxygen atoms in total. The van der Waals surface area contributed by atoms with Gasteiger partial charge in [-0.05, 0) is 0 Å². The molecule has 148 valence electrons. The number of aromatic nitrogens is 6. The van der Waals surface area contributed by atoms with Crippen LogP contribution in [0.15, 0.2) is 29.2 Å². The van der Waals surface area contributed by atoms with Crippen molar-refractivity contribution in [2.45, 2.75) is 12.7 Å². The first kappa shape index (κ1) is 18.3. The fourth-order valence-corrected chi connectivity index (χ4v) is 2.96. The van der Waals surface area contributed by atoms with Crippen LogP contribution in [0, 0.1) is 0 Å². The molecule has 1 fully saturated rings. The van der Waals surface area contributed by atoms with Crippen LogP contribution in [0.25, 0.3) is 11.3 Å². The van der Waals surface area contributed by atoms with E-state index in [-0.39, 0.29) is 12.4 Å². The van der Waals surface area contributed by atoms with E-state index in [1.54, 1.807) is 23.3 Å². The molecule has 0 spiro atoms. The first-order chi connectivity index (χ1) is 13.4. The van der Waals surface area contributed by atoms with Crippen molar-refractivity contribution in [1.29, 1.82) is 0 Å². The molecule has 12 heteroatoms. The van der Waals surface area contributed by atoms with Crippen molar-refractivity contribution in [3.63, 3.8) is 0 Å². The Morgan fingerprint density at radius 3 is 2.50 bits per heavy atom. The van der Waals surface area contributed by atoms with Crippen molar-refractivity contribution in [2.75, 3.05) is 31.1 Å². The highest BCUT2D eigenvalue weighted by Gasteiger charge is 2.38. The van der Waals surface area contributed by atoms with Gasteiger partial charge in [0.2, 0.25) is 5.89 Å². The molecular weight excluding hydrogens is 377 g/mol. The van der Waals surface area contributed by atoms with Gasteiger partial charge < -0.3 is 9.32 Å². The van der Waals surface area contributed by atoms with Crippen molar-refractivity contribution >= 4 is 5.82 Å². The number of nitrogens with zero attached hydrogens (tertiary/aromatic N) is 8. The summed E-state index contributed by atoms with van der Waals surface area (Å²) < 4.78 is 44.0. The number of halogens is 3. The molecule has 3 aromatic rings. The van der Waals surface area contributed by atoms with Crippen molar-refractivity contribution in [1.82, 2.24) is 34.8 Å². The van der Waals surface area contributed by atoms with Gasteiger partial charge in [-0.3, -0.25) is 14.6 Å². The Balaban J connectivity index is 1.37. The number of aryl methyl sites for hydroxylation is 1. The molecule has 1 aliphatic rings. The minimum absolute atomic E-state index is 0.0425. The van der Waals surface area contributed by atoms with Gasteiger partial charge in [-0.2, -0.15) is 18.3 Å². The maximum Gasteiger partial charge on any atom is 0.470 e. The molecule has 0 radical (unpaired) electrons. The summed E-state index contributed by atoms with van der Waals surface area (Å²) in [5, 5.41) is 10.7. The van der Waals surface area contributed by atoms with Crippen LogP contribution in [0.4, 0.5) is 19.0 Å². The third-order valence-electron chi connectivity index (χ3n) is 4.39. The minimum atomic E-state index is -4.62. The Bertz CT molecular complexity index is 945. The van der Waals surface area contributed by atoms with Gasteiger partial charge in [-0.25, -0.2) is 4.98 Å². The lowest BCUT2D eigenvalue weighted by molar-refractivity contribution is -0.157. The summed E-state index contributed by atoms with van der Waals surface area (Å²) in [4.78, 5) is 13.0. The van der Waals surface area contributed by atoms with Crippen LogP contribution in [0.1, 0.15) is 11.8 Å². The smallest absolute Gasteiger partial charge is 0.416 e. The van der Waals surface area contributed by atoms with Gasteiger partial charge in [-0.1, -0.05) is 0 Å². The minimum Gasteiger partial charge on any atom is -0.416 e. The Hall–Kier alpha value is -3.02. The van der Waals surface area contributed by atoms with Gasteiger partial charge in [-0.15, -0.1) is 10.2 Å². The van der Waals surface area contributed by atoms with Crippen LogP contribution >= 0.6 is 0 Å². The number of hydrogen-bond donors (Lipinski definition) is 0. The van der Waals surface area contributed by atoms with Crippen LogP contribution in [0.5, 0.6) is 0 Å². The average Bonchev–Trinajstić information content (AvgIpc) is 3.31. The molecule has 0 bridgehead atoms. The molecule has 4 rings (SSSR count). The maximum absolute atomic E-state index is 12.5. The third-order valence-corrected chi connectivity index (χ3v) is 4.39. The Morgan fingerprint density at radius 1 is 1.07 bits per heavy atom. The topological polar surface area (TPSA) is 89.0 Å². The monoisotopic (exact) mass is 394 g/mol. The van der Waals surface area contributed by atoms with Crippen LogP contribution < -0.4 is 4.90 Å². The second kappa shape index (κ2) is 7.19. The van der Waals surface area contributed by atoms with E-state index in [0.717, 1.165) is 17.1 Å². The van der Waals surface area contributed by atoms with Gasteiger partial charge in [0.15, 0.2) is 0 Å². The SMILES string of the molecule is Cn1cc(-c2cncc(N3CCN(Cc4nnc(C(F)(F)F)o4)CC3)n2)cn1. The molecule has 0 amide bonds. The number of anilines is 1. The lowest BCUT2D eigenvalue weighted by atomic mass is 10.2. The number of piperazine rings is 1. The Morgan fingerprint density at radius 2 is 1.86 bits per heavy atom. The van der Waals surface area contributed by atoms with Crippen LogP contribution in [0.2, 0.25) is 0 Å². The predicted molar refractivity (Wildman–Crippen MR) is 91.0 cm³/mol. The first-order valence-electron chi connectivity index (χ1n) is 8.56. The number of alkyl halides is 3. The van der Waals surface area contributed by atoms with E-state index in [2.05, 4.69) is 30.2 Å². The molecule has 0 saturated carbocycles. The van der Waals surface area contributed by atoms with E-state index in [1.807, 2.05) is 18.1 Å². The molecule has 0 N–H and O–H groups in total. The highest BCUT2D eigenvalue weighted by molar-refractivity contribution is 5.58. The van der Waals surface area contributed by atoms with E-state index in [9.17, 15) is 13.2 Å². The molecule has 28 heavy (non-hydrogen) atoms. The van der Waals surface area contributed by atoms with Gasteiger partial charge >= 0.3 is 12.1 Å². The second-order valence-electron chi connectivity index (χ2n) is 6.43. The Kier molecular flexibility index (Phi) is 4.71. The van der Waals surface area contributed by atoms with Crippen LogP contribution in [-0.4, -0.2) is 61.0 Å². The summed E-state index contributed by atoms with van der Waals surface area (Å²) in [6.07, 6.45) is 2.35. The van der Waals surface area contributed by atoms with Crippen molar-refractivity contribution in [2.24, 2.45) is 7.05 Å². The molecule has 0 aliphatic carbocycles. The lowest BCUT2D eigenvalue weighted by Gasteiger charge is -2.34. The average molecular weight is 394 g/mol. The summed E-state index contributed by atoms with van der Waals surface area (Å²) in [6, 6.07) is 0. The maximum atomic E-state index is 12.5. The molecule has 0 unspecified atom stereocenters. The third kappa shape index (κ3) is 3.96. The molecule has 1 saturated heterocycles. The summed E-state index contributed by atoms with van der Waals surface area (Å²) in [6.45, 7) is 2.75. The predicted octanol–water partition coefficient (Wildman–Crippen LogP) is 1.60. The fourth-order valence-electron chi connectivity index (χ4n) is 2.96. The number of rotatable bonds is 4. The quantitative estimate of drug-likeness (QED) is 0.659. The van der Waals surface area contributed by atoms with E-state index >= 15 is 0 Å². The van der Waals surface area contributed by atoms with Gasteiger partial charge in [0.05, 0.1) is 30.8 Å². The fraction of sp³-hybridized carbons (Fsp3) is 0.438. The first-order valence-corrected chi connectivity index (χ1v) is 8.56. The van der Waals surface area contributed by atoms with Crippen molar-refractivity contribution < 1.29 is 17.6 Å². The zero-order valence-electron chi connectivity index (χ0n) is 15.0. The van der Waals surface area contributed by atoms with Gasteiger partial charge in [0.25, 0.3) is 0 Å². The van der Waals surface area contributed by atoms with Gasteiger partial charge in [0, 0.05) is 45.0 Å². The summed E-state index contributed by atoms with van der Waals surface area (Å²) >= 11 is 0. The number of hydrogen-bond acceptors (Lipinski definition) is 8. The molecular formula is C16H17F3N8O. The summed E-state index contributed by atoms with van der Waals surface area (Å²) in [7, 11) is 1.83. The normalized spacial score (nSPS) is 15.9. The largest absolute Gasteiger partial charge is 0.470 e.